The first-order valence-electron chi connectivity index (χ1n) is 10.5. The predicted molar refractivity (Wildman–Crippen MR) is 121 cm³/mol. The van der Waals surface area contributed by atoms with Gasteiger partial charge >= 0.3 is 0 Å². The lowest BCUT2D eigenvalue weighted by molar-refractivity contribution is -0.116. The molecule has 9 nitrogen and oxygen atoms in total. The SMILES string of the molecule is Cc1nc2c3ccccc3nn2c(C)c1CCC(=O)Nc1cc(-n2nnnc2C)ccc1F. The van der Waals surface area contributed by atoms with E-state index in [4.69, 9.17) is 4.98 Å². The zero-order chi connectivity index (χ0) is 23.1. The third-order valence-corrected chi connectivity index (χ3v) is 5.71. The molecule has 3 aromatic heterocycles. The summed E-state index contributed by atoms with van der Waals surface area (Å²) in [5, 5.41) is 19.6. The highest BCUT2D eigenvalue weighted by atomic mass is 19.1. The van der Waals surface area contributed by atoms with Crippen LogP contribution in [0.15, 0.2) is 42.5 Å². The summed E-state index contributed by atoms with van der Waals surface area (Å²) < 4.78 is 17.6. The molecule has 5 rings (SSSR count). The highest BCUT2D eigenvalue weighted by molar-refractivity contribution is 5.92. The Morgan fingerprint density at radius 3 is 2.73 bits per heavy atom. The molecule has 0 saturated heterocycles. The topological polar surface area (TPSA) is 103 Å². The van der Waals surface area contributed by atoms with E-state index in [1.54, 1.807) is 13.0 Å². The van der Waals surface area contributed by atoms with E-state index in [0.717, 1.165) is 33.5 Å². The van der Waals surface area contributed by atoms with E-state index in [9.17, 15) is 9.18 Å². The number of tetrazole rings is 1. The highest BCUT2D eigenvalue weighted by Crippen LogP contribution is 2.24. The molecule has 5 aromatic rings. The second-order valence-corrected chi connectivity index (χ2v) is 7.86. The maximum absolute atomic E-state index is 14.3. The van der Waals surface area contributed by atoms with Crippen molar-refractivity contribution in [3.05, 3.63) is 71.1 Å². The Morgan fingerprint density at radius 2 is 1.94 bits per heavy atom. The summed E-state index contributed by atoms with van der Waals surface area (Å²) >= 11 is 0. The number of nitrogens with zero attached hydrogens (tertiary/aromatic N) is 7. The maximum Gasteiger partial charge on any atom is 0.224 e. The minimum Gasteiger partial charge on any atom is -0.324 e. The fourth-order valence-electron chi connectivity index (χ4n) is 4.00. The summed E-state index contributed by atoms with van der Waals surface area (Å²) in [4.78, 5) is 17.4. The lowest BCUT2D eigenvalue weighted by Gasteiger charge is -2.12. The van der Waals surface area contributed by atoms with Gasteiger partial charge in [0.15, 0.2) is 11.5 Å². The first-order valence-corrected chi connectivity index (χ1v) is 10.5. The molecule has 0 atom stereocenters. The van der Waals surface area contributed by atoms with E-state index in [2.05, 4.69) is 25.9 Å². The third-order valence-electron chi connectivity index (χ3n) is 5.71. The predicted octanol–water partition coefficient (Wildman–Crippen LogP) is 3.49. The molecular formula is C23H21FN8O. The van der Waals surface area contributed by atoms with Crippen molar-refractivity contribution < 1.29 is 9.18 Å². The third kappa shape index (κ3) is 3.69. The molecule has 0 spiro atoms. The van der Waals surface area contributed by atoms with Gasteiger partial charge in [-0.3, -0.25) is 4.79 Å². The number of hydrogen-bond donors (Lipinski definition) is 1. The van der Waals surface area contributed by atoms with Crippen LogP contribution >= 0.6 is 0 Å². The lowest BCUT2D eigenvalue weighted by Crippen LogP contribution is -2.15. The summed E-state index contributed by atoms with van der Waals surface area (Å²) in [5.74, 6) is -0.278. The molecule has 0 unspecified atom stereocenters. The number of benzene rings is 2. The number of fused-ring (bicyclic) bond motifs is 3. The van der Waals surface area contributed by atoms with Crippen molar-refractivity contribution in [1.29, 1.82) is 0 Å². The smallest absolute Gasteiger partial charge is 0.224 e. The van der Waals surface area contributed by atoms with Gasteiger partial charge in [0.05, 0.1) is 16.9 Å². The van der Waals surface area contributed by atoms with Gasteiger partial charge in [-0.25, -0.2) is 13.9 Å². The van der Waals surface area contributed by atoms with Crippen molar-refractivity contribution in [2.75, 3.05) is 5.32 Å². The Hall–Kier alpha value is -4.21. The first-order chi connectivity index (χ1) is 15.9. The molecule has 0 bridgehead atoms. The van der Waals surface area contributed by atoms with Crippen LogP contribution in [0, 0.1) is 26.6 Å². The Bertz CT molecular complexity index is 1520. The van der Waals surface area contributed by atoms with Crippen LogP contribution in [0.1, 0.15) is 29.2 Å². The minimum absolute atomic E-state index is 0.0766. The van der Waals surface area contributed by atoms with E-state index in [1.165, 1.54) is 16.8 Å². The molecule has 10 heteroatoms. The molecule has 0 aliphatic heterocycles. The van der Waals surface area contributed by atoms with Gasteiger partial charge in [-0.1, -0.05) is 12.1 Å². The number of nitrogens with one attached hydrogen (secondary N) is 1. The molecular weight excluding hydrogens is 423 g/mol. The molecule has 33 heavy (non-hydrogen) atoms. The van der Waals surface area contributed by atoms with Crippen molar-refractivity contribution in [2.45, 2.75) is 33.6 Å². The van der Waals surface area contributed by atoms with Gasteiger partial charge in [0.2, 0.25) is 5.91 Å². The molecule has 166 valence electrons. The quantitative estimate of drug-likeness (QED) is 0.445. The van der Waals surface area contributed by atoms with Crippen molar-refractivity contribution in [3.63, 3.8) is 0 Å². The van der Waals surface area contributed by atoms with Gasteiger partial charge in [0, 0.05) is 23.2 Å². The summed E-state index contributed by atoms with van der Waals surface area (Å²) in [6, 6.07) is 12.2. The van der Waals surface area contributed by atoms with Crippen LogP contribution in [0.5, 0.6) is 0 Å². The zero-order valence-corrected chi connectivity index (χ0v) is 18.4. The zero-order valence-electron chi connectivity index (χ0n) is 18.4. The van der Waals surface area contributed by atoms with Crippen molar-refractivity contribution in [3.8, 4) is 5.69 Å². The number of aromatic nitrogens is 7. The molecule has 0 saturated carbocycles. The van der Waals surface area contributed by atoms with Crippen LogP contribution in [0.25, 0.3) is 22.2 Å². The largest absolute Gasteiger partial charge is 0.324 e. The van der Waals surface area contributed by atoms with E-state index in [0.29, 0.717) is 17.9 Å². The molecule has 3 heterocycles. The fraction of sp³-hybridized carbons (Fsp3) is 0.217. The van der Waals surface area contributed by atoms with Gasteiger partial charge in [-0.15, -0.1) is 5.10 Å². The number of hydrogen-bond acceptors (Lipinski definition) is 6. The highest BCUT2D eigenvalue weighted by Gasteiger charge is 2.16. The van der Waals surface area contributed by atoms with Gasteiger partial charge in [0.1, 0.15) is 5.82 Å². The molecule has 1 N–H and O–H groups in total. The van der Waals surface area contributed by atoms with Crippen molar-refractivity contribution in [1.82, 2.24) is 34.8 Å². The number of carbonyl (C=O) groups is 1. The molecule has 0 aliphatic carbocycles. The Labute approximate surface area is 188 Å². The monoisotopic (exact) mass is 444 g/mol. The second kappa shape index (κ2) is 8.05. The van der Waals surface area contributed by atoms with Gasteiger partial charge in [-0.05, 0) is 73.5 Å². The summed E-state index contributed by atoms with van der Waals surface area (Å²) in [7, 11) is 0. The van der Waals surface area contributed by atoms with Gasteiger partial charge < -0.3 is 5.32 Å². The normalized spacial score (nSPS) is 11.4. The molecule has 1 amide bonds. The number of halogens is 1. The first kappa shape index (κ1) is 20.7. The number of anilines is 1. The Kier molecular flexibility index (Phi) is 5.04. The van der Waals surface area contributed by atoms with Crippen LogP contribution in [0.4, 0.5) is 10.1 Å². The van der Waals surface area contributed by atoms with Crippen molar-refractivity contribution >= 4 is 28.1 Å². The number of carbonyl (C=O) groups excluding carboxylic acids is 1. The Balaban J connectivity index is 1.36. The van der Waals surface area contributed by atoms with Gasteiger partial charge in [0.25, 0.3) is 0 Å². The number of aryl methyl sites for hydroxylation is 3. The minimum atomic E-state index is -0.531. The van der Waals surface area contributed by atoms with E-state index in [-0.39, 0.29) is 18.0 Å². The average molecular weight is 444 g/mol. The van der Waals surface area contributed by atoms with Gasteiger partial charge in [-0.2, -0.15) is 9.78 Å². The molecule has 0 fully saturated rings. The van der Waals surface area contributed by atoms with Crippen LogP contribution < -0.4 is 5.32 Å². The molecule has 0 radical (unpaired) electrons. The summed E-state index contributed by atoms with van der Waals surface area (Å²) in [5.41, 5.74) is 5.03. The number of amides is 1. The van der Waals surface area contributed by atoms with Crippen molar-refractivity contribution in [2.24, 2.45) is 0 Å². The van der Waals surface area contributed by atoms with Crippen LogP contribution in [0.3, 0.4) is 0 Å². The standard InChI is InChI=1S/C23H21FN8O/c1-13-17(14(2)31-23(25-13)18-6-4-5-7-20(18)28-31)9-11-22(33)26-21-12-16(8-10-19(21)24)32-15(3)27-29-30-32/h4-8,10,12H,9,11H2,1-3H3,(H,26,33). The van der Waals surface area contributed by atoms with Crippen LogP contribution in [-0.2, 0) is 11.2 Å². The summed E-state index contributed by atoms with van der Waals surface area (Å²) in [6.45, 7) is 5.64. The van der Waals surface area contributed by atoms with E-state index >= 15 is 0 Å². The molecule has 2 aromatic carbocycles. The maximum atomic E-state index is 14.3. The fourth-order valence-corrected chi connectivity index (χ4v) is 4.00. The summed E-state index contributed by atoms with van der Waals surface area (Å²) in [6.07, 6.45) is 0.624. The van der Waals surface area contributed by atoms with Crippen LogP contribution in [0.2, 0.25) is 0 Å². The average Bonchev–Trinajstić information content (AvgIpc) is 3.39. The Morgan fingerprint density at radius 1 is 1.12 bits per heavy atom. The van der Waals surface area contributed by atoms with E-state index in [1.807, 2.05) is 42.6 Å². The second-order valence-electron chi connectivity index (χ2n) is 7.86. The lowest BCUT2D eigenvalue weighted by atomic mass is 10.1. The molecule has 0 aliphatic rings. The van der Waals surface area contributed by atoms with Crippen LogP contribution in [-0.4, -0.2) is 40.7 Å². The van der Waals surface area contributed by atoms with E-state index < -0.39 is 5.82 Å². The number of rotatable bonds is 5.